The summed E-state index contributed by atoms with van der Waals surface area (Å²) in [4.78, 5) is 15.0. The molecule has 1 saturated heterocycles. The molecule has 1 unspecified atom stereocenters. The lowest BCUT2D eigenvalue weighted by atomic mass is 9.95. The number of carbonyl (C=O) groups is 1. The van der Waals surface area contributed by atoms with Crippen molar-refractivity contribution in [2.45, 2.75) is 24.2 Å². The predicted octanol–water partition coefficient (Wildman–Crippen LogP) is 2.72. The number of methoxy groups -OCH3 is 1. The quantitative estimate of drug-likeness (QED) is 0.745. The number of piperazine rings is 1. The van der Waals surface area contributed by atoms with Gasteiger partial charge in [-0.3, -0.25) is 4.79 Å². The number of nitrogens with zero attached hydrogens (tertiary/aromatic N) is 2. The van der Waals surface area contributed by atoms with Crippen molar-refractivity contribution in [1.29, 1.82) is 0 Å². The van der Waals surface area contributed by atoms with Crippen LogP contribution in [0.25, 0.3) is 0 Å². The van der Waals surface area contributed by atoms with Gasteiger partial charge < -0.3 is 9.64 Å². The molecule has 0 aromatic heterocycles. The Morgan fingerprint density at radius 3 is 2.14 bits per heavy atom. The van der Waals surface area contributed by atoms with Crippen molar-refractivity contribution in [2.24, 2.45) is 0 Å². The molecule has 28 heavy (non-hydrogen) atoms. The number of carbonyl (C=O) groups excluding carboxylic acids is 1. The van der Waals surface area contributed by atoms with Gasteiger partial charge in [0.1, 0.15) is 5.75 Å². The average molecular weight is 403 g/mol. The van der Waals surface area contributed by atoms with Crippen molar-refractivity contribution in [3.63, 3.8) is 0 Å². The van der Waals surface area contributed by atoms with Crippen LogP contribution in [0.4, 0.5) is 0 Å². The van der Waals surface area contributed by atoms with Gasteiger partial charge in [-0.15, -0.1) is 0 Å². The van der Waals surface area contributed by atoms with Crippen molar-refractivity contribution >= 4 is 15.9 Å². The molecule has 1 amide bonds. The Balaban J connectivity index is 1.67. The highest BCUT2D eigenvalue weighted by molar-refractivity contribution is 7.89. The number of amides is 1. The monoisotopic (exact) mass is 402 g/mol. The highest BCUT2D eigenvalue weighted by Crippen LogP contribution is 2.24. The summed E-state index contributed by atoms with van der Waals surface area (Å²) in [5.41, 5.74) is 1.00. The maximum atomic E-state index is 13.0. The second-order valence-electron chi connectivity index (χ2n) is 6.78. The Morgan fingerprint density at radius 1 is 1.00 bits per heavy atom. The topological polar surface area (TPSA) is 66.9 Å². The molecule has 1 atom stereocenters. The van der Waals surface area contributed by atoms with Crippen molar-refractivity contribution in [3.8, 4) is 5.75 Å². The zero-order chi connectivity index (χ0) is 20.1. The van der Waals surface area contributed by atoms with Gasteiger partial charge in [-0.2, -0.15) is 4.31 Å². The molecular formula is C21H26N2O4S. The van der Waals surface area contributed by atoms with Gasteiger partial charge in [0.25, 0.3) is 0 Å². The van der Waals surface area contributed by atoms with Gasteiger partial charge in [-0.1, -0.05) is 37.3 Å². The fourth-order valence-electron chi connectivity index (χ4n) is 3.50. The van der Waals surface area contributed by atoms with Crippen LogP contribution in [0.2, 0.25) is 0 Å². The summed E-state index contributed by atoms with van der Waals surface area (Å²) in [6, 6.07) is 16.1. The summed E-state index contributed by atoms with van der Waals surface area (Å²) in [5.74, 6) is 0.488. The highest BCUT2D eigenvalue weighted by atomic mass is 32.2. The van der Waals surface area contributed by atoms with E-state index in [4.69, 9.17) is 4.74 Å². The van der Waals surface area contributed by atoms with Crippen LogP contribution in [-0.2, 0) is 14.8 Å². The smallest absolute Gasteiger partial charge is 0.243 e. The number of sulfonamides is 1. The summed E-state index contributed by atoms with van der Waals surface area (Å²) in [7, 11) is -2.03. The van der Waals surface area contributed by atoms with Crippen molar-refractivity contribution in [1.82, 2.24) is 9.21 Å². The zero-order valence-electron chi connectivity index (χ0n) is 16.2. The Bertz CT molecular complexity index is 890. The summed E-state index contributed by atoms with van der Waals surface area (Å²) >= 11 is 0. The van der Waals surface area contributed by atoms with Crippen LogP contribution in [-0.4, -0.2) is 56.8 Å². The van der Waals surface area contributed by atoms with Crippen LogP contribution in [0.1, 0.15) is 24.8 Å². The number of hydrogen-bond donors (Lipinski definition) is 0. The number of hydrogen-bond acceptors (Lipinski definition) is 4. The van der Waals surface area contributed by atoms with Crippen LogP contribution < -0.4 is 4.74 Å². The van der Waals surface area contributed by atoms with E-state index in [0.717, 1.165) is 5.56 Å². The standard InChI is InChI=1S/C21H26N2O4S/c1-3-20(17-7-5-4-6-8-17)21(24)22-13-15-23(16-14-22)28(25,26)19-11-9-18(27-2)10-12-19/h4-12,20H,3,13-16H2,1-2H3. The van der Waals surface area contributed by atoms with Gasteiger partial charge in [0.15, 0.2) is 0 Å². The molecule has 1 aliphatic heterocycles. The second kappa shape index (κ2) is 8.75. The number of benzene rings is 2. The van der Waals surface area contributed by atoms with Gasteiger partial charge in [0.2, 0.25) is 15.9 Å². The molecule has 0 N–H and O–H groups in total. The summed E-state index contributed by atoms with van der Waals surface area (Å²) in [5, 5.41) is 0. The average Bonchev–Trinajstić information content (AvgIpc) is 2.75. The first-order valence-corrected chi connectivity index (χ1v) is 10.9. The van der Waals surface area contributed by atoms with Crippen LogP contribution in [0.15, 0.2) is 59.5 Å². The lowest BCUT2D eigenvalue weighted by molar-refractivity contribution is -0.134. The van der Waals surface area contributed by atoms with Crippen LogP contribution in [0, 0.1) is 0 Å². The largest absolute Gasteiger partial charge is 0.497 e. The Morgan fingerprint density at radius 2 is 1.61 bits per heavy atom. The van der Waals surface area contributed by atoms with Crippen LogP contribution in [0.3, 0.4) is 0 Å². The van der Waals surface area contributed by atoms with Gasteiger partial charge in [-0.25, -0.2) is 8.42 Å². The molecule has 150 valence electrons. The predicted molar refractivity (Wildman–Crippen MR) is 108 cm³/mol. The first-order valence-electron chi connectivity index (χ1n) is 9.45. The first-order chi connectivity index (χ1) is 13.5. The van der Waals surface area contributed by atoms with Gasteiger partial charge in [0, 0.05) is 26.2 Å². The van der Waals surface area contributed by atoms with E-state index in [1.165, 1.54) is 4.31 Å². The Kier molecular flexibility index (Phi) is 6.36. The lowest BCUT2D eigenvalue weighted by Crippen LogP contribution is -2.51. The lowest BCUT2D eigenvalue weighted by Gasteiger charge is -2.35. The third-order valence-electron chi connectivity index (χ3n) is 5.16. The maximum absolute atomic E-state index is 13.0. The molecule has 0 saturated carbocycles. The van der Waals surface area contributed by atoms with Gasteiger partial charge in [-0.05, 0) is 36.2 Å². The molecule has 0 radical (unpaired) electrons. The highest BCUT2D eigenvalue weighted by Gasteiger charge is 2.32. The second-order valence-corrected chi connectivity index (χ2v) is 8.71. The SMILES string of the molecule is CCC(C(=O)N1CCN(S(=O)(=O)c2ccc(OC)cc2)CC1)c1ccccc1. The van der Waals surface area contributed by atoms with E-state index in [2.05, 4.69) is 0 Å². The third-order valence-corrected chi connectivity index (χ3v) is 7.07. The van der Waals surface area contributed by atoms with E-state index in [-0.39, 0.29) is 16.7 Å². The van der Waals surface area contributed by atoms with Crippen molar-refractivity contribution in [2.75, 3.05) is 33.3 Å². The molecule has 7 heteroatoms. The van der Waals surface area contributed by atoms with E-state index in [1.807, 2.05) is 37.3 Å². The number of rotatable bonds is 6. The summed E-state index contributed by atoms with van der Waals surface area (Å²) in [6.07, 6.45) is 0.715. The normalized spacial score (nSPS) is 16.6. The molecular weight excluding hydrogens is 376 g/mol. The van der Waals surface area contributed by atoms with Crippen LogP contribution >= 0.6 is 0 Å². The van der Waals surface area contributed by atoms with Gasteiger partial charge in [0.05, 0.1) is 17.9 Å². The number of ether oxygens (including phenoxy) is 1. The minimum absolute atomic E-state index is 0.0650. The van der Waals surface area contributed by atoms with E-state index in [9.17, 15) is 13.2 Å². The van der Waals surface area contributed by atoms with Gasteiger partial charge >= 0.3 is 0 Å². The minimum atomic E-state index is -3.57. The van der Waals surface area contributed by atoms with Crippen LogP contribution in [0.5, 0.6) is 5.75 Å². The Hall–Kier alpha value is -2.38. The van der Waals surface area contributed by atoms with E-state index >= 15 is 0 Å². The van der Waals surface area contributed by atoms with Crippen molar-refractivity contribution < 1.29 is 17.9 Å². The maximum Gasteiger partial charge on any atom is 0.243 e. The van der Waals surface area contributed by atoms with E-state index in [1.54, 1.807) is 36.3 Å². The molecule has 2 aromatic carbocycles. The molecule has 6 nitrogen and oxygen atoms in total. The molecule has 2 aromatic rings. The fraction of sp³-hybridized carbons (Fsp3) is 0.381. The third kappa shape index (κ3) is 4.20. The molecule has 0 spiro atoms. The van der Waals surface area contributed by atoms with E-state index in [0.29, 0.717) is 38.3 Å². The minimum Gasteiger partial charge on any atom is -0.497 e. The molecule has 1 heterocycles. The molecule has 1 fully saturated rings. The Labute approximate surface area is 166 Å². The van der Waals surface area contributed by atoms with Crippen molar-refractivity contribution in [3.05, 3.63) is 60.2 Å². The zero-order valence-corrected chi connectivity index (χ0v) is 17.1. The molecule has 3 rings (SSSR count). The molecule has 0 bridgehead atoms. The van der Waals surface area contributed by atoms with E-state index < -0.39 is 10.0 Å². The molecule has 1 aliphatic rings. The summed E-state index contributed by atoms with van der Waals surface area (Å²) < 4.78 is 32.2. The summed E-state index contributed by atoms with van der Waals surface area (Å²) in [6.45, 7) is 3.39. The fourth-order valence-corrected chi connectivity index (χ4v) is 4.93. The molecule has 0 aliphatic carbocycles. The first kappa shape index (κ1) is 20.4.